The highest BCUT2D eigenvalue weighted by Gasteiger charge is 2.30. The van der Waals surface area contributed by atoms with Gasteiger partial charge in [-0.3, -0.25) is 4.79 Å². The summed E-state index contributed by atoms with van der Waals surface area (Å²) in [7, 11) is 0. The Morgan fingerprint density at radius 2 is 1.71 bits per heavy atom. The number of carbonyl (C=O) groups is 1. The zero-order valence-electron chi connectivity index (χ0n) is 12.3. The number of ether oxygens (including phenoxy) is 1. The van der Waals surface area contributed by atoms with Crippen molar-refractivity contribution in [1.82, 2.24) is 0 Å². The van der Waals surface area contributed by atoms with E-state index < -0.39 is 0 Å². The molecule has 0 unspecified atom stereocenters. The van der Waals surface area contributed by atoms with Gasteiger partial charge in [-0.15, -0.1) is 0 Å². The molecule has 0 aromatic heterocycles. The van der Waals surface area contributed by atoms with Gasteiger partial charge >= 0.3 is 0 Å². The van der Waals surface area contributed by atoms with Gasteiger partial charge in [0.05, 0.1) is 5.60 Å². The summed E-state index contributed by atoms with van der Waals surface area (Å²) in [5.74, 6) is 0.389. The van der Waals surface area contributed by atoms with Gasteiger partial charge in [-0.1, -0.05) is 27.7 Å². The van der Waals surface area contributed by atoms with Crippen molar-refractivity contribution >= 4 is 5.78 Å². The van der Waals surface area contributed by atoms with E-state index in [1.807, 2.05) is 41.5 Å². The van der Waals surface area contributed by atoms with Gasteiger partial charge in [0.1, 0.15) is 5.78 Å². The third kappa shape index (κ3) is 6.18. The number of carbonyl (C=O) groups excluding carboxylic acids is 1. The molecule has 0 rings (SSSR count). The van der Waals surface area contributed by atoms with Crippen molar-refractivity contribution in [3.05, 3.63) is 0 Å². The van der Waals surface area contributed by atoms with Crippen molar-refractivity contribution in [2.45, 2.75) is 60.0 Å². The quantitative estimate of drug-likeness (QED) is 0.713. The summed E-state index contributed by atoms with van der Waals surface area (Å²) in [4.78, 5) is 12.0. The van der Waals surface area contributed by atoms with E-state index in [4.69, 9.17) is 10.5 Å². The maximum atomic E-state index is 12.0. The Balaban J connectivity index is 4.16. The highest BCUT2D eigenvalue weighted by atomic mass is 16.5. The lowest BCUT2D eigenvalue weighted by atomic mass is 9.80. The second-order valence-electron chi connectivity index (χ2n) is 6.30. The zero-order chi connectivity index (χ0) is 13.7. The van der Waals surface area contributed by atoms with Gasteiger partial charge < -0.3 is 10.5 Å². The number of rotatable bonds is 8. The molecule has 0 aliphatic carbocycles. The maximum absolute atomic E-state index is 12.0. The molecule has 0 fully saturated rings. The fourth-order valence-corrected chi connectivity index (χ4v) is 1.91. The van der Waals surface area contributed by atoms with E-state index in [1.54, 1.807) is 0 Å². The summed E-state index contributed by atoms with van der Waals surface area (Å²) < 4.78 is 5.80. The first-order valence-corrected chi connectivity index (χ1v) is 6.51. The normalized spacial score (nSPS) is 13.2. The molecule has 0 bridgehead atoms. The number of ketones is 1. The topological polar surface area (TPSA) is 52.3 Å². The van der Waals surface area contributed by atoms with Crippen molar-refractivity contribution in [2.75, 3.05) is 13.2 Å². The van der Waals surface area contributed by atoms with E-state index in [0.717, 1.165) is 12.8 Å². The van der Waals surface area contributed by atoms with Crippen LogP contribution in [0.3, 0.4) is 0 Å². The van der Waals surface area contributed by atoms with Crippen LogP contribution in [-0.4, -0.2) is 24.5 Å². The molecule has 3 heteroatoms. The minimum atomic E-state index is -0.299. The van der Waals surface area contributed by atoms with E-state index in [1.165, 1.54) is 0 Å². The molecule has 0 aromatic carbocycles. The molecule has 17 heavy (non-hydrogen) atoms. The molecule has 0 radical (unpaired) electrons. The summed E-state index contributed by atoms with van der Waals surface area (Å²) in [6.45, 7) is 13.2. The first-order valence-electron chi connectivity index (χ1n) is 6.51. The Morgan fingerprint density at radius 3 is 2.12 bits per heavy atom. The van der Waals surface area contributed by atoms with E-state index in [-0.39, 0.29) is 16.9 Å². The van der Waals surface area contributed by atoms with Crippen LogP contribution in [0.4, 0.5) is 0 Å². The van der Waals surface area contributed by atoms with Gasteiger partial charge in [-0.2, -0.15) is 0 Å². The molecular weight excluding hydrogens is 214 g/mol. The van der Waals surface area contributed by atoms with Crippen molar-refractivity contribution in [1.29, 1.82) is 0 Å². The standard InChI is InChI=1S/C14H29NO2/c1-11(2)12(16)13(3,4)8-10-17-14(5,6)7-9-15/h11H,7-10,15H2,1-6H3. The Morgan fingerprint density at radius 1 is 1.18 bits per heavy atom. The van der Waals surface area contributed by atoms with Crippen molar-refractivity contribution in [3.8, 4) is 0 Å². The highest BCUT2D eigenvalue weighted by molar-refractivity contribution is 5.85. The number of nitrogens with two attached hydrogens (primary N) is 1. The number of Topliss-reactive ketones (excluding diaryl/α,β-unsaturated/α-hetero) is 1. The zero-order valence-corrected chi connectivity index (χ0v) is 12.3. The van der Waals surface area contributed by atoms with E-state index in [2.05, 4.69) is 0 Å². The third-order valence-corrected chi connectivity index (χ3v) is 3.16. The molecule has 0 heterocycles. The smallest absolute Gasteiger partial charge is 0.141 e. The predicted molar refractivity (Wildman–Crippen MR) is 71.9 cm³/mol. The second-order valence-corrected chi connectivity index (χ2v) is 6.30. The SMILES string of the molecule is CC(C)C(=O)C(C)(C)CCOC(C)(C)CCN. The third-order valence-electron chi connectivity index (χ3n) is 3.16. The van der Waals surface area contributed by atoms with Gasteiger partial charge in [-0.05, 0) is 33.2 Å². The Bertz CT molecular complexity index is 245. The maximum Gasteiger partial charge on any atom is 0.141 e. The first-order chi connectivity index (χ1) is 7.62. The molecule has 0 aliphatic heterocycles. The fourth-order valence-electron chi connectivity index (χ4n) is 1.91. The van der Waals surface area contributed by atoms with Crippen LogP contribution in [-0.2, 0) is 9.53 Å². The van der Waals surface area contributed by atoms with Crippen LogP contribution >= 0.6 is 0 Å². The van der Waals surface area contributed by atoms with Crippen LogP contribution in [0.15, 0.2) is 0 Å². The average molecular weight is 243 g/mol. The highest BCUT2D eigenvalue weighted by Crippen LogP contribution is 2.26. The lowest BCUT2D eigenvalue weighted by molar-refractivity contribution is -0.132. The molecule has 0 atom stereocenters. The lowest BCUT2D eigenvalue weighted by Gasteiger charge is -2.29. The van der Waals surface area contributed by atoms with Crippen LogP contribution in [0.5, 0.6) is 0 Å². The molecule has 0 spiro atoms. The lowest BCUT2D eigenvalue weighted by Crippen LogP contribution is -2.33. The monoisotopic (exact) mass is 243 g/mol. The van der Waals surface area contributed by atoms with Crippen LogP contribution in [0, 0.1) is 11.3 Å². The Labute approximate surface area is 106 Å². The molecule has 0 saturated heterocycles. The minimum absolute atomic E-state index is 0.0852. The largest absolute Gasteiger partial charge is 0.375 e. The molecule has 0 aliphatic rings. The number of hydrogen-bond acceptors (Lipinski definition) is 3. The number of hydrogen-bond donors (Lipinski definition) is 1. The molecule has 0 amide bonds. The Kier molecular flexibility index (Phi) is 6.35. The van der Waals surface area contributed by atoms with Gasteiger partial charge in [0.2, 0.25) is 0 Å². The first kappa shape index (κ1) is 16.6. The van der Waals surface area contributed by atoms with Gasteiger partial charge in [0.25, 0.3) is 0 Å². The van der Waals surface area contributed by atoms with Gasteiger partial charge in [0, 0.05) is 17.9 Å². The summed E-state index contributed by atoms with van der Waals surface area (Å²) in [6.07, 6.45) is 1.60. The van der Waals surface area contributed by atoms with Crippen molar-refractivity contribution in [2.24, 2.45) is 17.1 Å². The fraction of sp³-hybridized carbons (Fsp3) is 0.929. The predicted octanol–water partition coefficient (Wildman–Crippen LogP) is 2.77. The van der Waals surface area contributed by atoms with Gasteiger partial charge in [-0.25, -0.2) is 0 Å². The van der Waals surface area contributed by atoms with Gasteiger partial charge in [0.15, 0.2) is 0 Å². The molecular formula is C14H29NO2. The van der Waals surface area contributed by atoms with E-state index in [9.17, 15) is 4.79 Å². The molecule has 102 valence electrons. The summed E-state index contributed by atoms with van der Waals surface area (Å²) >= 11 is 0. The van der Waals surface area contributed by atoms with Crippen LogP contribution in [0.1, 0.15) is 54.4 Å². The van der Waals surface area contributed by atoms with E-state index in [0.29, 0.717) is 18.9 Å². The van der Waals surface area contributed by atoms with Crippen LogP contribution in [0.2, 0.25) is 0 Å². The van der Waals surface area contributed by atoms with Crippen molar-refractivity contribution in [3.63, 3.8) is 0 Å². The molecule has 3 nitrogen and oxygen atoms in total. The van der Waals surface area contributed by atoms with Crippen LogP contribution in [0.25, 0.3) is 0 Å². The molecule has 2 N–H and O–H groups in total. The Hall–Kier alpha value is -0.410. The van der Waals surface area contributed by atoms with E-state index >= 15 is 0 Å². The average Bonchev–Trinajstić information content (AvgIpc) is 2.15. The van der Waals surface area contributed by atoms with Crippen molar-refractivity contribution < 1.29 is 9.53 Å². The van der Waals surface area contributed by atoms with Crippen LogP contribution < -0.4 is 5.73 Å². The molecule has 0 saturated carbocycles. The second kappa shape index (κ2) is 6.50. The minimum Gasteiger partial charge on any atom is -0.375 e. The molecule has 0 aromatic rings. The summed E-state index contributed by atoms with van der Waals surface area (Å²) in [5.41, 5.74) is 5.04. The summed E-state index contributed by atoms with van der Waals surface area (Å²) in [5, 5.41) is 0. The summed E-state index contributed by atoms with van der Waals surface area (Å²) in [6, 6.07) is 0.